The summed E-state index contributed by atoms with van der Waals surface area (Å²) >= 11 is 2.29. The van der Waals surface area contributed by atoms with Crippen LogP contribution >= 0.6 is 22.6 Å². The molecule has 2 heterocycles. The first kappa shape index (κ1) is 16.5. The number of amides is 1. The fourth-order valence-electron chi connectivity index (χ4n) is 3.11. The smallest absolute Gasteiger partial charge is 0.270 e. The van der Waals surface area contributed by atoms with Crippen molar-refractivity contribution in [2.24, 2.45) is 5.92 Å². The number of carbonyl (C=O) groups is 1. The predicted octanol–water partition coefficient (Wildman–Crippen LogP) is 3.58. The van der Waals surface area contributed by atoms with Gasteiger partial charge in [0.1, 0.15) is 5.69 Å². The topological polar surface area (TPSA) is 34.5 Å². The highest BCUT2D eigenvalue weighted by atomic mass is 127. The highest BCUT2D eigenvalue weighted by molar-refractivity contribution is 14.1. The van der Waals surface area contributed by atoms with E-state index in [2.05, 4.69) is 34.7 Å². The molecule has 1 aromatic carbocycles. The Balaban J connectivity index is 1.76. The summed E-state index contributed by atoms with van der Waals surface area (Å²) in [7, 11) is 1.74. The zero-order chi connectivity index (χ0) is 16.2. The van der Waals surface area contributed by atoms with E-state index >= 15 is 0 Å². The summed E-state index contributed by atoms with van der Waals surface area (Å²) in [5.41, 5.74) is 1.76. The van der Waals surface area contributed by atoms with Crippen LogP contribution in [0.4, 0.5) is 0 Å². The van der Waals surface area contributed by atoms with Crippen LogP contribution in [0.1, 0.15) is 23.3 Å². The SMILES string of the molecule is COCC1CCN(C(=O)c2cccn2-c2cccc(I)c2)CC1. The molecule has 0 N–H and O–H groups in total. The molecule has 0 saturated carbocycles. The van der Waals surface area contributed by atoms with Crippen molar-refractivity contribution in [2.75, 3.05) is 26.8 Å². The minimum atomic E-state index is 0.115. The minimum absolute atomic E-state index is 0.115. The van der Waals surface area contributed by atoms with Gasteiger partial charge in [0.2, 0.25) is 0 Å². The molecule has 2 aromatic rings. The van der Waals surface area contributed by atoms with Crippen molar-refractivity contribution < 1.29 is 9.53 Å². The molecule has 1 amide bonds. The van der Waals surface area contributed by atoms with Gasteiger partial charge in [-0.15, -0.1) is 0 Å². The molecule has 3 rings (SSSR count). The molecular weight excluding hydrogens is 403 g/mol. The van der Waals surface area contributed by atoms with Crippen LogP contribution in [0.2, 0.25) is 0 Å². The Morgan fingerprint density at radius 2 is 2.04 bits per heavy atom. The van der Waals surface area contributed by atoms with E-state index in [0.717, 1.165) is 47.5 Å². The molecule has 1 aliphatic rings. The lowest BCUT2D eigenvalue weighted by Gasteiger charge is -2.31. The molecule has 23 heavy (non-hydrogen) atoms. The van der Waals surface area contributed by atoms with Gasteiger partial charge in [-0.05, 0) is 71.7 Å². The van der Waals surface area contributed by atoms with Crippen LogP contribution in [0.5, 0.6) is 0 Å². The fourth-order valence-corrected chi connectivity index (χ4v) is 3.63. The second-order valence-corrected chi connectivity index (χ2v) is 7.18. The Kier molecular flexibility index (Phi) is 5.38. The van der Waals surface area contributed by atoms with E-state index in [0.29, 0.717) is 5.92 Å². The number of piperidine rings is 1. The van der Waals surface area contributed by atoms with Crippen molar-refractivity contribution in [3.63, 3.8) is 0 Å². The van der Waals surface area contributed by atoms with Crippen LogP contribution in [-0.4, -0.2) is 42.2 Å². The second kappa shape index (κ2) is 7.49. The van der Waals surface area contributed by atoms with E-state index in [-0.39, 0.29) is 5.91 Å². The van der Waals surface area contributed by atoms with Gasteiger partial charge in [-0.25, -0.2) is 0 Å². The third kappa shape index (κ3) is 3.77. The van der Waals surface area contributed by atoms with Crippen molar-refractivity contribution in [1.82, 2.24) is 9.47 Å². The average molecular weight is 424 g/mol. The van der Waals surface area contributed by atoms with E-state index < -0.39 is 0 Å². The van der Waals surface area contributed by atoms with Gasteiger partial charge in [0.25, 0.3) is 5.91 Å². The molecule has 1 saturated heterocycles. The molecular formula is C18H21IN2O2. The van der Waals surface area contributed by atoms with Crippen LogP contribution < -0.4 is 0 Å². The normalized spacial score (nSPS) is 15.8. The van der Waals surface area contributed by atoms with Crippen molar-refractivity contribution >= 4 is 28.5 Å². The van der Waals surface area contributed by atoms with Gasteiger partial charge in [0.15, 0.2) is 0 Å². The number of rotatable bonds is 4. The third-order valence-electron chi connectivity index (χ3n) is 4.36. The number of ether oxygens (including phenoxy) is 1. The first-order valence-electron chi connectivity index (χ1n) is 7.90. The largest absolute Gasteiger partial charge is 0.384 e. The zero-order valence-electron chi connectivity index (χ0n) is 13.2. The van der Waals surface area contributed by atoms with E-state index in [1.54, 1.807) is 7.11 Å². The fraction of sp³-hybridized carbons (Fsp3) is 0.389. The van der Waals surface area contributed by atoms with Crippen molar-refractivity contribution in [2.45, 2.75) is 12.8 Å². The Hall–Kier alpha value is -1.34. The lowest BCUT2D eigenvalue weighted by atomic mass is 9.97. The molecule has 0 spiro atoms. The number of nitrogens with zero attached hydrogens (tertiary/aromatic N) is 2. The monoisotopic (exact) mass is 424 g/mol. The molecule has 0 atom stereocenters. The van der Waals surface area contributed by atoms with Gasteiger partial charge in [0.05, 0.1) is 0 Å². The molecule has 4 nitrogen and oxygen atoms in total. The van der Waals surface area contributed by atoms with Crippen molar-refractivity contribution in [1.29, 1.82) is 0 Å². The average Bonchev–Trinajstić information content (AvgIpc) is 3.05. The highest BCUT2D eigenvalue weighted by Crippen LogP contribution is 2.21. The summed E-state index contributed by atoms with van der Waals surface area (Å²) in [6.45, 7) is 2.41. The third-order valence-corrected chi connectivity index (χ3v) is 5.03. The summed E-state index contributed by atoms with van der Waals surface area (Å²) in [5.74, 6) is 0.691. The molecule has 1 fully saturated rings. The number of methoxy groups -OCH3 is 1. The van der Waals surface area contributed by atoms with Crippen molar-refractivity contribution in [3.05, 3.63) is 51.9 Å². The maximum Gasteiger partial charge on any atom is 0.270 e. The van der Waals surface area contributed by atoms with Gasteiger partial charge in [-0.2, -0.15) is 0 Å². The number of likely N-dealkylation sites (tertiary alicyclic amines) is 1. The standard InChI is InChI=1S/C18H21IN2O2/c1-23-13-14-7-10-20(11-8-14)18(22)17-6-3-9-21(17)16-5-2-4-15(19)12-16/h2-6,9,12,14H,7-8,10-11,13H2,1H3. The van der Waals surface area contributed by atoms with Crippen LogP contribution in [-0.2, 0) is 4.74 Å². The van der Waals surface area contributed by atoms with Crippen LogP contribution in [0.3, 0.4) is 0 Å². The summed E-state index contributed by atoms with van der Waals surface area (Å²) in [6, 6.07) is 12.0. The maximum absolute atomic E-state index is 12.9. The van der Waals surface area contributed by atoms with Gasteiger partial charge in [-0.1, -0.05) is 6.07 Å². The van der Waals surface area contributed by atoms with Crippen LogP contribution in [0, 0.1) is 9.49 Å². The minimum Gasteiger partial charge on any atom is -0.384 e. The number of carbonyl (C=O) groups excluding carboxylic acids is 1. The number of aromatic nitrogens is 1. The second-order valence-electron chi connectivity index (χ2n) is 5.93. The number of hydrogen-bond donors (Lipinski definition) is 0. The molecule has 1 aliphatic heterocycles. The van der Waals surface area contributed by atoms with E-state index in [1.165, 1.54) is 0 Å². The molecule has 0 aliphatic carbocycles. The lowest BCUT2D eigenvalue weighted by Crippen LogP contribution is -2.40. The van der Waals surface area contributed by atoms with Gasteiger partial charge >= 0.3 is 0 Å². The highest BCUT2D eigenvalue weighted by Gasteiger charge is 2.25. The first-order chi connectivity index (χ1) is 11.2. The Morgan fingerprint density at radius 1 is 1.26 bits per heavy atom. The van der Waals surface area contributed by atoms with Crippen LogP contribution in [0.25, 0.3) is 5.69 Å². The van der Waals surface area contributed by atoms with Gasteiger partial charge in [-0.3, -0.25) is 4.79 Å². The lowest BCUT2D eigenvalue weighted by molar-refractivity contribution is 0.0606. The Labute approximate surface area is 150 Å². The first-order valence-corrected chi connectivity index (χ1v) is 8.98. The predicted molar refractivity (Wildman–Crippen MR) is 99.0 cm³/mol. The number of halogens is 1. The van der Waals surface area contributed by atoms with Crippen LogP contribution in [0.15, 0.2) is 42.6 Å². The van der Waals surface area contributed by atoms with E-state index in [4.69, 9.17) is 4.74 Å². The summed E-state index contributed by atoms with van der Waals surface area (Å²) in [4.78, 5) is 14.8. The van der Waals surface area contributed by atoms with E-state index in [9.17, 15) is 4.79 Å². The maximum atomic E-state index is 12.9. The molecule has 1 aromatic heterocycles. The molecule has 122 valence electrons. The Morgan fingerprint density at radius 3 is 2.74 bits per heavy atom. The van der Waals surface area contributed by atoms with E-state index in [1.807, 2.05) is 39.9 Å². The summed E-state index contributed by atoms with van der Waals surface area (Å²) < 4.78 is 8.37. The molecule has 0 bridgehead atoms. The number of hydrogen-bond acceptors (Lipinski definition) is 2. The molecule has 0 unspecified atom stereocenters. The quantitative estimate of drug-likeness (QED) is 0.704. The Bertz CT molecular complexity index is 675. The zero-order valence-corrected chi connectivity index (χ0v) is 15.4. The summed E-state index contributed by atoms with van der Waals surface area (Å²) in [5, 5.41) is 0. The van der Waals surface area contributed by atoms with Crippen molar-refractivity contribution in [3.8, 4) is 5.69 Å². The summed E-state index contributed by atoms with van der Waals surface area (Å²) in [6.07, 6.45) is 3.99. The van der Waals surface area contributed by atoms with Gasteiger partial charge < -0.3 is 14.2 Å². The molecule has 0 radical (unpaired) electrons. The molecule has 5 heteroatoms. The number of benzene rings is 1. The van der Waals surface area contributed by atoms with Gasteiger partial charge in [0, 0.05) is 42.3 Å².